The lowest BCUT2D eigenvalue weighted by Gasteiger charge is -2.10. The largest absolute Gasteiger partial charge is 0.461 e. The number of esters is 1. The first-order valence-corrected chi connectivity index (χ1v) is 9.64. The van der Waals surface area contributed by atoms with Crippen molar-refractivity contribution in [2.24, 2.45) is 0 Å². The highest BCUT2D eigenvalue weighted by Gasteiger charge is 2.13. The third-order valence-electron chi connectivity index (χ3n) is 4.46. The van der Waals surface area contributed by atoms with Crippen LogP contribution in [-0.2, 0) is 22.6 Å². The summed E-state index contributed by atoms with van der Waals surface area (Å²) >= 11 is 0. The number of aryl methyl sites for hydroxylation is 1. The van der Waals surface area contributed by atoms with Crippen LogP contribution in [0.25, 0.3) is 11.3 Å². The van der Waals surface area contributed by atoms with Gasteiger partial charge in [-0.25, -0.2) is 14.4 Å². The summed E-state index contributed by atoms with van der Waals surface area (Å²) in [6, 6.07) is 13.4. The van der Waals surface area contributed by atoms with Crippen molar-refractivity contribution in [3.05, 3.63) is 83.6 Å². The molecule has 1 heterocycles. The summed E-state index contributed by atoms with van der Waals surface area (Å²) in [5.74, 6) is -1.44. The Balaban J connectivity index is 1.58. The Labute approximate surface area is 174 Å². The van der Waals surface area contributed by atoms with Crippen LogP contribution in [0.4, 0.5) is 4.39 Å². The van der Waals surface area contributed by atoms with Crippen molar-refractivity contribution in [1.29, 1.82) is 0 Å². The van der Waals surface area contributed by atoms with Crippen LogP contribution in [0.1, 0.15) is 34.8 Å². The zero-order chi connectivity index (χ0) is 21.3. The van der Waals surface area contributed by atoms with E-state index in [1.165, 1.54) is 12.4 Å². The third-order valence-corrected chi connectivity index (χ3v) is 4.46. The Morgan fingerprint density at radius 1 is 1.13 bits per heavy atom. The molecule has 0 unspecified atom stereocenters. The number of hydrogen-bond donors (Lipinski definition) is 1. The maximum atomic E-state index is 14.1. The highest BCUT2D eigenvalue weighted by molar-refractivity contribution is 5.95. The molecule has 2 aromatic carbocycles. The van der Waals surface area contributed by atoms with Crippen molar-refractivity contribution in [3.8, 4) is 11.3 Å². The minimum Gasteiger partial charge on any atom is -0.461 e. The number of ether oxygens (including phenoxy) is 1. The summed E-state index contributed by atoms with van der Waals surface area (Å²) in [6.45, 7) is 2.22. The summed E-state index contributed by atoms with van der Waals surface area (Å²) < 4.78 is 19.3. The molecule has 0 spiro atoms. The summed E-state index contributed by atoms with van der Waals surface area (Å²) in [7, 11) is 0. The zero-order valence-corrected chi connectivity index (χ0v) is 16.6. The molecule has 30 heavy (non-hydrogen) atoms. The predicted octanol–water partition coefficient (Wildman–Crippen LogP) is 3.71. The number of aromatic nitrogens is 2. The van der Waals surface area contributed by atoms with E-state index in [9.17, 15) is 14.0 Å². The molecule has 0 bridgehead atoms. The molecule has 1 N–H and O–H groups in total. The van der Waals surface area contributed by atoms with Gasteiger partial charge in [-0.1, -0.05) is 37.3 Å². The van der Waals surface area contributed by atoms with Crippen molar-refractivity contribution in [2.45, 2.75) is 26.4 Å². The monoisotopic (exact) mass is 407 g/mol. The Bertz CT molecular complexity index is 1030. The van der Waals surface area contributed by atoms with Crippen LogP contribution in [0.15, 0.2) is 61.1 Å². The van der Waals surface area contributed by atoms with Crippen LogP contribution in [0.2, 0.25) is 0 Å². The van der Waals surface area contributed by atoms with Gasteiger partial charge in [-0.05, 0) is 35.7 Å². The van der Waals surface area contributed by atoms with Crippen molar-refractivity contribution in [3.63, 3.8) is 0 Å². The SMILES string of the molecule is CCc1cncnc1-c1cc(F)cc(C(=O)NCCC(=O)OCc2ccccc2)c1. The number of halogens is 1. The van der Waals surface area contributed by atoms with E-state index in [2.05, 4.69) is 15.3 Å². The van der Waals surface area contributed by atoms with E-state index in [1.807, 2.05) is 37.3 Å². The molecular weight excluding hydrogens is 385 g/mol. The fourth-order valence-corrected chi connectivity index (χ4v) is 2.92. The highest BCUT2D eigenvalue weighted by atomic mass is 19.1. The Hall–Kier alpha value is -3.61. The molecule has 0 fully saturated rings. The Morgan fingerprint density at radius 3 is 2.70 bits per heavy atom. The Morgan fingerprint density at radius 2 is 1.93 bits per heavy atom. The minimum absolute atomic E-state index is 0.0205. The van der Waals surface area contributed by atoms with E-state index in [-0.39, 0.29) is 25.1 Å². The number of carbonyl (C=O) groups excluding carboxylic acids is 2. The highest BCUT2D eigenvalue weighted by Crippen LogP contribution is 2.23. The molecule has 0 aliphatic heterocycles. The molecule has 7 heteroatoms. The zero-order valence-electron chi connectivity index (χ0n) is 16.6. The first-order valence-electron chi connectivity index (χ1n) is 9.64. The van der Waals surface area contributed by atoms with Gasteiger partial charge in [-0.15, -0.1) is 0 Å². The number of amides is 1. The second kappa shape index (κ2) is 10.2. The molecule has 0 atom stereocenters. The predicted molar refractivity (Wildman–Crippen MR) is 110 cm³/mol. The van der Waals surface area contributed by atoms with Gasteiger partial charge in [0.1, 0.15) is 18.8 Å². The van der Waals surface area contributed by atoms with Gasteiger partial charge in [0.2, 0.25) is 0 Å². The summed E-state index contributed by atoms with van der Waals surface area (Å²) in [5, 5.41) is 2.62. The van der Waals surface area contributed by atoms with Gasteiger partial charge in [0, 0.05) is 23.9 Å². The van der Waals surface area contributed by atoms with Gasteiger partial charge in [-0.3, -0.25) is 9.59 Å². The van der Waals surface area contributed by atoms with Crippen LogP contribution in [-0.4, -0.2) is 28.4 Å². The topological polar surface area (TPSA) is 81.2 Å². The third kappa shape index (κ3) is 5.70. The molecular formula is C23H22FN3O3. The maximum absolute atomic E-state index is 14.1. The van der Waals surface area contributed by atoms with E-state index in [0.717, 1.165) is 17.2 Å². The van der Waals surface area contributed by atoms with E-state index < -0.39 is 17.7 Å². The lowest BCUT2D eigenvalue weighted by molar-refractivity contribution is -0.144. The smallest absolute Gasteiger partial charge is 0.307 e. The molecule has 0 aliphatic carbocycles. The first kappa shape index (κ1) is 21.1. The average molecular weight is 407 g/mol. The van der Waals surface area contributed by atoms with Crippen molar-refractivity contribution in [1.82, 2.24) is 15.3 Å². The summed E-state index contributed by atoms with van der Waals surface area (Å²) in [4.78, 5) is 32.5. The standard InChI is InChI=1S/C23H22FN3O3/c1-2-17-13-25-15-27-22(17)18-10-19(12-20(24)11-18)23(29)26-9-8-21(28)30-14-16-6-4-3-5-7-16/h3-7,10-13,15H,2,8-9,14H2,1H3,(H,26,29). The van der Waals surface area contributed by atoms with Crippen LogP contribution >= 0.6 is 0 Å². The van der Waals surface area contributed by atoms with Crippen LogP contribution < -0.4 is 5.32 Å². The molecule has 3 aromatic rings. The van der Waals surface area contributed by atoms with Crippen molar-refractivity contribution < 1.29 is 18.7 Å². The molecule has 6 nitrogen and oxygen atoms in total. The van der Waals surface area contributed by atoms with E-state index in [1.54, 1.807) is 12.3 Å². The lowest BCUT2D eigenvalue weighted by Crippen LogP contribution is -2.26. The molecule has 3 rings (SSSR count). The van der Waals surface area contributed by atoms with Gasteiger partial charge in [-0.2, -0.15) is 0 Å². The normalized spacial score (nSPS) is 10.5. The summed E-state index contributed by atoms with van der Waals surface area (Å²) in [6.07, 6.45) is 3.76. The fourth-order valence-electron chi connectivity index (χ4n) is 2.92. The quantitative estimate of drug-likeness (QED) is 0.576. The van der Waals surface area contributed by atoms with Crippen molar-refractivity contribution in [2.75, 3.05) is 6.54 Å². The number of hydrogen-bond acceptors (Lipinski definition) is 5. The van der Waals surface area contributed by atoms with E-state index in [4.69, 9.17) is 4.74 Å². The molecule has 0 saturated carbocycles. The molecule has 1 amide bonds. The van der Waals surface area contributed by atoms with Gasteiger partial charge < -0.3 is 10.1 Å². The first-order chi connectivity index (χ1) is 14.6. The number of benzene rings is 2. The van der Waals surface area contributed by atoms with Gasteiger partial charge >= 0.3 is 5.97 Å². The van der Waals surface area contributed by atoms with Gasteiger partial charge in [0.25, 0.3) is 5.91 Å². The molecule has 1 aromatic heterocycles. The van der Waals surface area contributed by atoms with Crippen LogP contribution in [0.3, 0.4) is 0 Å². The number of nitrogens with zero attached hydrogens (tertiary/aromatic N) is 2. The summed E-state index contributed by atoms with van der Waals surface area (Å²) in [5.41, 5.74) is 2.99. The van der Waals surface area contributed by atoms with E-state index >= 15 is 0 Å². The molecule has 0 radical (unpaired) electrons. The number of carbonyl (C=O) groups is 2. The minimum atomic E-state index is -0.541. The number of rotatable bonds is 8. The average Bonchev–Trinajstić information content (AvgIpc) is 2.77. The molecule has 0 saturated heterocycles. The van der Waals surface area contributed by atoms with Crippen LogP contribution in [0.5, 0.6) is 0 Å². The van der Waals surface area contributed by atoms with E-state index in [0.29, 0.717) is 17.7 Å². The lowest BCUT2D eigenvalue weighted by atomic mass is 10.0. The second-order valence-corrected chi connectivity index (χ2v) is 6.63. The number of nitrogens with one attached hydrogen (secondary N) is 1. The molecule has 0 aliphatic rings. The second-order valence-electron chi connectivity index (χ2n) is 6.63. The maximum Gasteiger partial charge on any atom is 0.307 e. The fraction of sp³-hybridized carbons (Fsp3) is 0.217. The van der Waals surface area contributed by atoms with Crippen molar-refractivity contribution >= 4 is 11.9 Å². The molecule has 154 valence electrons. The Kier molecular flexibility index (Phi) is 7.21. The van der Waals surface area contributed by atoms with Gasteiger partial charge in [0.05, 0.1) is 12.1 Å². The van der Waals surface area contributed by atoms with Crippen LogP contribution in [0, 0.1) is 5.82 Å². The van der Waals surface area contributed by atoms with Gasteiger partial charge in [0.15, 0.2) is 0 Å².